The van der Waals surface area contributed by atoms with E-state index in [9.17, 15) is 18.3 Å². The van der Waals surface area contributed by atoms with Crippen molar-refractivity contribution in [3.8, 4) is 5.75 Å². The average Bonchev–Trinajstić information content (AvgIpc) is 2.37. The van der Waals surface area contributed by atoms with E-state index < -0.39 is 15.6 Å². The van der Waals surface area contributed by atoms with Gasteiger partial charge in [-0.3, -0.25) is 0 Å². The van der Waals surface area contributed by atoms with Gasteiger partial charge in [0.1, 0.15) is 18.3 Å². The van der Waals surface area contributed by atoms with Crippen molar-refractivity contribution in [2.75, 3.05) is 12.5 Å². The van der Waals surface area contributed by atoms with Crippen LogP contribution in [0, 0.1) is 0 Å². The van der Waals surface area contributed by atoms with Crippen LogP contribution in [0.3, 0.4) is 0 Å². The third-order valence-corrected chi connectivity index (χ3v) is 4.38. The molecule has 0 saturated heterocycles. The average molecular weight is 354 g/mol. The first-order chi connectivity index (χ1) is 9.95. The lowest BCUT2D eigenvalue weighted by Crippen LogP contribution is -2.21. The van der Waals surface area contributed by atoms with Gasteiger partial charge in [-0.25, -0.2) is 8.42 Å². The van der Waals surface area contributed by atoms with E-state index in [4.69, 9.17) is 13.0 Å². The molecule has 0 radical (unpaired) electrons. The smallest absolute Gasteiger partial charge is 0.485 e. The third-order valence-electron chi connectivity index (χ3n) is 2.58. The van der Waals surface area contributed by atoms with Crippen LogP contribution in [-0.2, 0) is 21.0 Å². The third kappa shape index (κ3) is 4.52. The van der Waals surface area contributed by atoms with Crippen LogP contribution in [0.5, 0.6) is 5.75 Å². The predicted molar refractivity (Wildman–Crippen MR) is 78.8 cm³/mol. The second-order valence-electron chi connectivity index (χ2n) is 4.34. The van der Waals surface area contributed by atoms with Gasteiger partial charge in [-0.15, -0.1) is 0 Å². The zero-order valence-electron chi connectivity index (χ0n) is 11.6. The molecule has 0 bridgehead atoms. The molecule has 1 N–H and O–H groups in total. The first-order valence-electron chi connectivity index (χ1n) is 5.75. The molecule has 0 spiro atoms. The molecule has 0 amide bonds. The van der Waals surface area contributed by atoms with Crippen LogP contribution in [0.4, 0.5) is 13.2 Å². The van der Waals surface area contributed by atoms with E-state index >= 15 is 0 Å². The molecular weight excluding hydrogens is 341 g/mol. The van der Waals surface area contributed by atoms with E-state index in [2.05, 4.69) is 24.6 Å². The quantitative estimate of drug-likeness (QED) is 0.485. The van der Waals surface area contributed by atoms with E-state index in [0.717, 1.165) is 5.39 Å². The molecule has 0 aliphatic rings. The van der Waals surface area contributed by atoms with E-state index in [1.165, 1.54) is 10.3 Å². The topological polar surface area (TPSA) is 77.4 Å². The zero-order valence-corrected chi connectivity index (χ0v) is 13.2. The molecular formula is C13H13F3O4S2. The van der Waals surface area contributed by atoms with Crippen LogP contribution in [0.15, 0.2) is 41.3 Å². The Hall–Kier alpha value is -1.45. The van der Waals surface area contributed by atoms with Crippen LogP contribution >= 0.6 is 0 Å². The molecule has 0 atom stereocenters. The number of phenolic OH excluding ortho intramolecular Hbond substituents is 1. The highest BCUT2D eigenvalue weighted by atomic mass is 32.2. The van der Waals surface area contributed by atoms with Gasteiger partial charge in [-0.2, -0.15) is 13.2 Å². The normalized spacial score (nSPS) is 12.1. The Balaban J connectivity index is 0.000000261. The van der Waals surface area contributed by atoms with Crippen LogP contribution in [0.25, 0.3) is 10.8 Å². The lowest BCUT2D eigenvalue weighted by Gasteiger charge is -2.08. The van der Waals surface area contributed by atoms with Gasteiger partial charge in [0.15, 0.2) is 15.0 Å². The molecule has 0 saturated carbocycles. The number of halogens is 3. The SMILES string of the molecule is C[S+](C)c1cccc2c(O)cccc12.O=S(=O)([O-])C(F)(F)F. The van der Waals surface area contributed by atoms with E-state index in [-0.39, 0.29) is 10.9 Å². The fraction of sp³-hybridized carbons (Fsp3) is 0.231. The summed E-state index contributed by atoms with van der Waals surface area (Å²) in [5, 5.41) is 11.8. The highest BCUT2D eigenvalue weighted by Gasteiger charge is 2.36. The van der Waals surface area contributed by atoms with Crippen molar-refractivity contribution in [3.05, 3.63) is 36.4 Å². The summed E-state index contributed by atoms with van der Waals surface area (Å²) < 4.78 is 58.9. The molecule has 4 nitrogen and oxygen atoms in total. The molecule has 122 valence electrons. The number of hydrogen-bond donors (Lipinski definition) is 1. The molecule has 0 unspecified atom stereocenters. The second-order valence-corrected chi connectivity index (χ2v) is 7.79. The summed E-state index contributed by atoms with van der Waals surface area (Å²) in [6, 6.07) is 11.8. The lowest BCUT2D eigenvalue weighted by atomic mass is 10.1. The number of fused-ring (bicyclic) bond motifs is 1. The van der Waals surface area contributed by atoms with Crippen molar-refractivity contribution in [1.82, 2.24) is 0 Å². The summed E-state index contributed by atoms with van der Waals surface area (Å²) in [4.78, 5) is 1.32. The van der Waals surface area contributed by atoms with Crippen LogP contribution in [0.2, 0.25) is 0 Å². The van der Waals surface area contributed by atoms with Crippen molar-refractivity contribution in [3.63, 3.8) is 0 Å². The van der Waals surface area contributed by atoms with Gasteiger partial charge in [0.05, 0.1) is 0 Å². The summed E-state index contributed by atoms with van der Waals surface area (Å²) in [6.07, 6.45) is 4.39. The first-order valence-corrected chi connectivity index (χ1v) is 9.20. The van der Waals surface area contributed by atoms with Crippen LogP contribution in [-0.4, -0.2) is 36.1 Å². The number of benzene rings is 2. The highest BCUT2D eigenvalue weighted by Crippen LogP contribution is 2.29. The molecule has 2 rings (SSSR count). The number of phenols is 1. The highest BCUT2D eigenvalue weighted by molar-refractivity contribution is 7.95. The van der Waals surface area contributed by atoms with Crippen molar-refractivity contribution in [2.24, 2.45) is 0 Å². The zero-order chi connectivity index (χ0) is 17.1. The second kappa shape index (κ2) is 6.76. The van der Waals surface area contributed by atoms with Crippen LogP contribution < -0.4 is 0 Å². The molecule has 2 aromatic carbocycles. The molecule has 0 aromatic heterocycles. The molecule has 0 aliphatic carbocycles. The fourth-order valence-corrected chi connectivity index (χ4v) is 2.59. The molecule has 2 aromatic rings. The van der Waals surface area contributed by atoms with Gasteiger partial charge in [0.25, 0.3) is 0 Å². The number of aromatic hydroxyl groups is 1. The monoisotopic (exact) mass is 354 g/mol. The Morgan fingerprint density at radius 2 is 1.50 bits per heavy atom. The Morgan fingerprint density at radius 3 is 1.95 bits per heavy atom. The minimum absolute atomic E-state index is 0.227. The molecule has 0 aliphatic heterocycles. The van der Waals surface area contributed by atoms with Crippen molar-refractivity contribution < 1.29 is 31.2 Å². The fourth-order valence-electron chi connectivity index (χ4n) is 1.62. The number of alkyl halides is 3. The summed E-state index contributed by atoms with van der Waals surface area (Å²) in [5.74, 6) is 0.370. The molecule has 0 heterocycles. The van der Waals surface area contributed by atoms with Crippen molar-refractivity contribution >= 4 is 31.8 Å². The Labute approximate surface area is 128 Å². The minimum Gasteiger partial charge on any atom is -0.741 e. The Kier molecular flexibility index (Phi) is 5.71. The Bertz CT molecular complexity index is 755. The van der Waals surface area contributed by atoms with Gasteiger partial charge in [0, 0.05) is 21.7 Å². The van der Waals surface area contributed by atoms with Gasteiger partial charge in [-0.1, -0.05) is 18.2 Å². The summed E-state index contributed by atoms with van der Waals surface area (Å²) in [5.41, 5.74) is -5.65. The number of rotatable bonds is 1. The molecule has 9 heteroatoms. The maximum Gasteiger partial charge on any atom is 0.485 e. The molecule has 0 fully saturated rings. The van der Waals surface area contributed by atoms with Crippen molar-refractivity contribution in [2.45, 2.75) is 10.4 Å². The molecule has 22 heavy (non-hydrogen) atoms. The Morgan fingerprint density at radius 1 is 1.05 bits per heavy atom. The van der Waals surface area contributed by atoms with Gasteiger partial charge in [0.2, 0.25) is 0 Å². The maximum atomic E-state index is 10.7. The van der Waals surface area contributed by atoms with Gasteiger partial charge in [-0.05, 0) is 18.2 Å². The minimum atomic E-state index is -6.09. The summed E-state index contributed by atoms with van der Waals surface area (Å²) in [7, 11) is -5.86. The maximum absolute atomic E-state index is 10.7. The standard InChI is InChI=1S/C12H12OS.CHF3O3S/c1-14(2)12-8-4-5-9-10(12)6-3-7-11(9)13;2-1(3,4)8(5,6)7/h3-8H,1-2H3;(H,5,6,7). The van der Waals surface area contributed by atoms with Gasteiger partial charge >= 0.3 is 5.51 Å². The van der Waals surface area contributed by atoms with E-state index in [1.54, 1.807) is 6.07 Å². The summed E-state index contributed by atoms with van der Waals surface area (Å²) in [6.45, 7) is 0. The summed E-state index contributed by atoms with van der Waals surface area (Å²) >= 11 is 0. The number of hydrogen-bond acceptors (Lipinski definition) is 4. The van der Waals surface area contributed by atoms with Gasteiger partial charge < -0.3 is 9.66 Å². The predicted octanol–water partition coefficient (Wildman–Crippen LogP) is 2.83. The largest absolute Gasteiger partial charge is 0.741 e. The van der Waals surface area contributed by atoms with Crippen molar-refractivity contribution in [1.29, 1.82) is 0 Å². The van der Waals surface area contributed by atoms with E-state index in [1.807, 2.05) is 18.2 Å². The lowest BCUT2D eigenvalue weighted by molar-refractivity contribution is -0.0517. The van der Waals surface area contributed by atoms with E-state index in [0.29, 0.717) is 5.75 Å². The van der Waals surface area contributed by atoms with Crippen LogP contribution in [0.1, 0.15) is 0 Å². The first kappa shape index (κ1) is 18.6.